The molecule has 0 atom stereocenters. The van der Waals surface area contributed by atoms with Crippen molar-refractivity contribution in [3.05, 3.63) is 71.3 Å². The summed E-state index contributed by atoms with van der Waals surface area (Å²) in [7, 11) is 0. The Morgan fingerprint density at radius 1 is 1.00 bits per heavy atom. The molecular weight excluding hydrogens is 236 g/mol. The van der Waals surface area contributed by atoms with Crippen LogP contribution in [0.15, 0.2) is 54.6 Å². The number of Topliss-reactive ketones (excluding diaryl/α,β-unsaturated/α-hetero) is 1. The van der Waals surface area contributed by atoms with Crippen molar-refractivity contribution in [3.8, 4) is 0 Å². The van der Waals surface area contributed by atoms with Gasteiger partial charge in [-0.25, -0.2) is 0 Å². The molecular formula is C17H18O2. The Hall–Kier alpha value is -1.93. The van der Waals surface area contributed by atoms with Gasteiger partial charge in [0.05, 0.1) is 13.2 Å². The molecule has 0 saturated heterocycles. The second kappa shape index (κ2) is 6.86. The fourth-order valence-corrected chi connectivity index (χ4v) is 1.81. The molecule has 2 heteroatoms. The average molecular weight is 254 g/mol. The molecule has 0 N–H and O–H groups in total. The van der Waals surface area contributed by atoms with Crippen molar-refractivity contribution in [2.75, 3.05) is 6.61 Å². The fourth-order valence-electron chi connectivity index (χ4n) is 1.81. The predicted molar refractivity (Wildman–Crippen MR) is 76.2 cm³/mol. The van der Waals surface area contributed by atoms with Gasteiger partial charge in [-0.2, -0.15) is 0 Å². The van der Waals surface area contributed by atoms with E-state index in [4.69, 9.17) is 4.74 Å². The SMILES string of the molecule is Cc1ccc(COCCC(=O)c2ccccc2)cc1. The normalized spacial score (nSPS) is 10.4. The van der Waals surface area contributed by atoms with Gasteiger partial charge in [0.1, 0.15) is 0 Å². The van der Waals surface area contributed by atoms with Crippen LogP contribution >= 0.6 is 0 Å². The van der Waals surface area contributed by atoms with E-state index >= 15 is 0 Å². The maximum atomic E-state index is 11.8. The number of ketones is 1. The van der Waals surface area contributed by atoms with E-state index in [-0.39, 0.29) is 5.78 Å². The molecule has 2 rings (SSSR count). The van der Waals surface area contributed by atoms with Crippen molar-refractivity contribution in [1.29, 1.82) is 0 Å². The van der Waals surface area contributed by atoms with E-state index in [0.29, 0.717) is 19.6 Å². The van der Waals surface area contributed by atoms with E-state index in [2.05, 4.69) is 19.1 Å². The van der Waals surface area contributed by atoms with Crippen LogP contribution < -0.4 is 0 Å². The minimum atomic E-state index is 0.129. The lowest BCUT2D eigenvalue weighted by atomic mass is 10.1. The molecule has 0 unspecified atom stereocenters. The van der Waals surface area contributed by atoms with Gasteiger partial charge in [-0.15, -0.1) is 0 Å². The van der Waals surface area contributed by atoms with Crippen LogP contribution in [0, 0.1) is 6.92 Å². The van der Waals surface area contributed by atoms with Gasteiger partial charge in [0, 0.05) is 12.0 Å². The van der Waals surface area contributed by atoms with E-state index in [1.807, 2.05) is 42.5 Å². The van der Waals surface area contributed by atoms with E-state index in [0.717, 1.165) is 11.1 Å². The maximum Gasteiger partial charge on any atom is 0.165 e. The number of benzene rings is 2. The Labute approximate surface area is 114 Å². The third-order valence-corrected chi connectivity index (χ3v) is 2.96. The number of rotatable bonds is 6. The van der Waals surface area contributed by atoms with Crippen LogP contribution in [-0.4, -0.2) is 12.4 Å². The summed E-state index contributed by atoms with van der Waals surface area (Å²) in [5, 5.41) is 0. The number of carbonyl (C=O) groups excluding carboxylic acids is 1. The monoisotopic (exact) mass is 254 g/mol. The second-order valence-corrected chi connectivity index (χ2v) is 4.58. The van der Waals surface area contributed by atoms with Crippen molar-refractivity contribution in [2.45, 2.75) is 20.0 Å². The largest absolute Gasteiger partial charge is 0.376 e. The molecule has 0 spiro atoms. The zero-order valence-electron chi connectivity index (χ0n) is 11.1. The minimum Gasteiger partial charge on any atom is -0.376 e. The first-order valence-corrected chi connectivity index (χ1v) is 6.47. The summed E-state index contributed by atoms with van der Waals surface area (Å²) in [6.45, 7) is 3.08. The predicted octanol–water partition coefficient (Wildman–Crippen LogP) is 3.78. The average Bonchev–Trinajstić information content (AvgIpc) is 2.46. The topological polar surface area (TPSA) is 26.3 Å². The van der Waals surface area contributed by atoms with E-state index < -0.39 is 0 Å². The Bertz CT molecular complexity index is 515. The number of carbonyl (C=O) groups is 1. The highest BCUT2D eigenvalue weighted by Crippen LogP contribution is 2.06. The standard InChI is InChI=1S/C17H18O2/c1-14-7-9-15(10-8-14)13-19-12-11-17(18)16-5-3-2-4-6-16/h2-10H,11-13H2,1H3. The van der Waals surface area contributed by atoms with E-state index in [1.54, 1.807) is 0 Å². The molecule has 0 aliphatic heterocycles. The molecule has 98 valence electrons. The molecule has 0 aliphatic rings. The van der Waals surface area contributed by atoms with Gasteiger partial charge >= 0.3 is 0 Å². The van der Waals surface area contributed by atoms with Crippen molar-refractivity contribution in [2.24, 2.45) is 0 Å². The molecule has 0 heterocycles. The summed E-state index contributed by atoms with van der Waals surface area (Å²) in [6.07, 6.45) is 0.426. The smallest absolute Gasteiger partial charge is 0.165 e. The third kappa shape index (κ3) is 4.34. The molecule has 2 aromatic rings. The first-order chi connectivity index (χ1) is 9.25. The lowest BCUT2D eigenvalue weighted by Crippen LogP contribution is -2.04. The zero-order valence-corrected chi connectivity index (χ0v) is 11.1. The van der Waals surface area contributed by atoms with Crippen LogP contribution in [0.2, 0.25) is 0 Å². The van der Waals surface area contributed by atoms with E-state index in [9.17, 15) is 4.79 Å². The molecule has 2 nitrogen and oxygen atoms in total. The first kappa shape index (κ1) is 13.5. The summed E-state index contributed by atoms with van der Waals surface area (Å²) >= 11 is 0. The molecule has 2 aromatic carbocycles. The van der Waals surface area contributed by atoms with Crippen molar-refractivity contribution in [1.82, 2.24) is 0 Å². The molecule has 0 aliphatic carbocycles. The van der Waals surface area contributed by atoms with Crippen LogP contribution in [-0.2, 0) is 11.3 Å². The summed E-state index contributed by atoms with van der Waals surface area (Å²) in [5.41, 5.74) is 3.13. The highest BCUT2D eigenvalue weighted by atomic mass is 16.5. The molecule has 0 fully saturated rings. The number of aryl methyl sites for hydroxylation is 1. The van der Waals surface area contributed by atoms with Gasteiger partial charge in [0.2, 0.25) is 0 Å². The Kier molecular flexibility index (Phi) is 4.87. The van der Waals surface area contributed by atoms with Gasteiger partial charge in [0.15, 0.2) is 5.78 Å². The van der Waals surface area contributed by atoms with E-state index in [1.165, 1.54) is 5.56 Å². The molecule has 0 saturated carbocycles. The lowest BCUT2D eigenvalue weighted by Gasteiger charge is -2.04. The quantitative estimate of drug-likeness (QED) is 0.579. The van der Waals surface area contributed by atoms with Gasteiger partial charge in [-0.3, -0.25) is 4.79 Å². The lowest BCUT2D eigenvalue weighted by molar-refractivity contribution is 0.0848. The molecule has 0 radical (unpaired) electrons. The highest BCUT2D eigenvalue weighted by molar-refractivity contribution is 5.96. The van der Waals surface area contributed by atoms with Crippen molar-refractivity contribution in [3.63, 3.8) is 0 Å². The number of hydrogen-bond donors (Lipinski definition) is 0. The summed E-state index contributed by atoms with van der Waals surface area (Å²) in [5.74, 6) is 0.129. The van der Waals surface area contributed by atoms with Gasteiger partial charge in [-0.05, 0) is 12.5 Å². The Morgan fingerprint density at radius 2 is 1.68 bits per heavy atom. The number of hydrogen-bond acceptors (Lipinski definition) is 2. The Balaban J connectivity index is 1.72. The maximum absolute atomic E-state index is 11.8. The van der Waals surface area contributed by atoms with Crippen LogP contribution in [0.25, 0.3) is 0 Å². The van der Waals surface area contributed by atoms with Gasteiger partial charge in [0.25, 0.3) is 0 Å². The molecule has 19 heavy (non-hydrogen) atoms. The minimum absolute atomic E-state index is 0.129. The summed E-state index contributed by atoms with van der Waals surface area (Å²) in [4.78, 5) is 11.8. The molecule has 0 amide bonds. The molecule has 0 aromatic heterocycles. The fraction of sp³-hybridized carbons (Fsp3) is 0.235. The van der Waals surface area contributed by atoms with Gasteiger partial charge < -0.3 is 4.74 Å². The van der Waals surface area contributed by atoms with Crippen LogP contribution in [0.5, 0.6) is 0 Å². The first-order valence-electron chi connectivity index (χ1n) is 6.47. The number of ether oxygens (including phenoxy) is 1. The second-order valence-electron chi connectivity index (χ2n) is 4.58. The van der Waals surface area contributed by atoms with Gasteiger partial charge in [-0.1, -0.05) is 60.2 Å². The van der Waals surface area contributed by atoms with Crippen molar-refractivity contribution >= 4 is 5.78 Å². The highest BCUT2D eigenvalue weighted by Gasteiger charge is 2.04. The summed E-state index contributed by atoms with van der Waals surface area (Å²) < 4.78 is 5.53. The Morgan fingerprint density at radius 3 is 2.37 bits per heavy atom. The third-order valence-electron chi connectivity index (χ3n) is 2.96. The zero-order chi connectivity index (χ0) is 13.5. The molecule has 0 bridgehead atoms. The van der Waals surface area contributed by atoms with Crippen LogP contribution in [0.3, 0.4) is 0 Å². The summed E-state index contributed by atoms with van der Waals surface area (Å²) in [6, 6.07) is 17.6. The van der Waals surface area contributed by atoms with Crippen LogP contribution in [0.4, 0.5) is 0 Å². The van der Waals surface area contributed by atoms with Crippen LogP contribution in [0.1, 0.15) is 27.9 Å². The van der Waals surface area contributed by atoms with Crippen molar-refractivity contribution < 1.29 is 9.53 Å².